The number of aliphatic hydroxyl groups is 2. The zero-order chi connectivity index (χ0) is 40.0. The molecular weight excluding hydrogens is 675 g/mol. The lowest BCUT2D eigenvalue weighted by Gasteiger charge is -2.19. The zero-order valence-electron chi connectivity index (χ0n) is 35.6. The molecule has 0 aromatic carbocycles. The number of rotatable bonds is 39. The van der Waals surface area contributed by atoms with Gasteiger partial charge in [0.2, 0.25) is 5.91 Å². The van der Waals surface area contributed by atoms with Gasteiger partial charge in [0.05, 0.1) is 18.8 Å². The summed E-state index contributed by atoms with van der Waals surface area (Å²) in [5.41, 5.74) is 0. The second-order valence-electron chi connectivity index (χ2n) is 14.7. The molecule has 0 aliphatic heterocycles. The fourth-order valence-electron chi connectivity index (χ4n) is 6.05. The Morgan fingerprint density at radius 1 is 0.455 bits per heavy atom. The largest absolute Gasteiger partial charge is 0.394 e. The lowest BCUT2D eigenvalue weighted by molar-refractivity contribution is -0.123. The summed E-state index contributed by atoms with van der Waals surface area (Å²) in [4.78, 5) is 12.4. The molecule has 0 rings (SSSR count). The van der Waals surface area contributed by atoms with E-state index in [0.29, 0.717) is 6.42 Å². The van der Waals surface area contributed by atoms with Gasteiger partial charge in [-0.25, -0.2) is 0 Å². The number of nitrogens with one attached hydrogen (secondary N) is 1. The van der Waals surface area contributed by atoms with Crippen molar-refractivity contribution in [1.82, 2.24) is 5.32 Å². The molecule has 0 fully saturated rings. The minimum atomic E-state index is -0.878. The molecule has 4 heteroatoms. The molecule has 0 saturated heterocycles. The van der Waals surface area contributed by atoms with Crippen LogP contribution in [0.3, 0.4) is 0 Å². The third kappa shape index (κ3) is 42.0. The van der Waals surface area contributed by atoms with Crippen molar-refractivity contribution in [3.63, 3.8) is 0 Å². The summed E-state index contributed by atoms with van der Waals surface area (Å²) in [7, 11) is 0. The van der Waals surface area contributed by atoms with Gasteiger partial charge in [-0.3, -0.25) is 4.79 Å². The maximum atomic E-state index is 12.4. The number of carbonyl (C=O) groups is 1. The first kappa shape index (κ1) is 52.0. The molecule has 2 unspecified atom stereocenters. The van der Waals surface area contributed by atoms with Crippen molar-refractivity contribution in [2.45, 2.75) is 199 Å². The summed E-state index contributed by atoms with van der Waals surface area (Å²) >= 11 is 0. The molecule has 0 spiro atoms. The highest BCUT2D eigenvalue weighted by Gasteiger charge is 2.17. The molecule has 312 valence electrons. The monoisotopic (exact) mass is 760 g/mol. The van der Waals surface area contributed by atoms with E-state index in [1.807, 2.05) is 6.08 Å². The molecule has 55 heavy (non-hydrogen) atoms. The van der Waals surface area contributed by atoms with Gasteiger partial charge in [-0.15, -0.1) is 0 Å². The third-order valence-electron chi connectivity index (χ3n) is 9.49. The van der Waals surface area contributed by atoms with Crippen molar-refractivity contribution in [1.29, 1.82) is 0 Å². The van der Waals surface area contributed by atoms with Crippen LogP contribution in [0, 0.1) is 0 Å². The first-order chi connectivity index (χ1) is 27.2. The maximum Gasteiger partial charge on any atom is 0.220 e. The Hall–Kier alpha value is -2.95. The summed E-state index contributed by atoms with van der Waals surface area (Å²) in [6, 6.07) is -0.657. The molecule has 2 atom stereocenters. The van der Waals surface area contributed by atoms with Crippen LogP contribution in [0.5, 0.6) is 0 Å². The van der Waals surface area contributed by atoms with Gasteiger partial charge in [0.1, 0.15) is 0 Å². The summed E-state index contributed by atoms with van der Waals surface area (Å²) < 4.78 is 0. The van der Waals surface area contributed by atoms with Crippen molar-refractivity contribution in [3.8, 4) is 0 Å². The summed E-state index contributed by atoms with van der Waals surface area (Å²) in [6.45, 7) is 4.16. The van der Waals surface area contributed by atoms with E-state index in [1.54, 1.807) is 6.08 Å². The Labute approximate surface area is 340 Å². The van der Waals surface area contributed by atoms with Crippen molar-refractivity contribution in [3.05, 3.63) is 109 Å². The molecule has 0 bridgehead atoms. The minimum Gasteiger partial charge on any atom is -0.394 e. The van der Waals surface area contributed by atoms with Crippen LogP contribution in [0.1, 0.15) is 187 Å². The lowest BCUT2D eigenvalue weighted by Crippen LogP contribution is -2.45. The highest BCUT2D eigenvalue weighted by atomic mass is 16.3. The van der Waals surface area contributed by atoms with Gasteiger partial charge in [0.25, 0.3) is 0 Å². The van der Waals surface area contributed by atoms with Gasteiger partial charge >= 0.3 is 0 Å². The number of aliphatic hydroxyl groups excluding tert-OH is 2. The molecule has 4 nitrogen and oxygen atoms in total. The molecule has 1 amide bonds. The lowest BCUT2D eigenvalue weighted by atomic mass is 10.1. The predicted octanol–water partition coefficient (Wildman–Crippen LogP) is 14.4. The Bertz CT molecular complexity index is 1090. The second-order valence-corrected chi connectivity index (χ2v) is 14.7. The maximum absolute atomic E-state index is 12.4. The van der Waals surface area contributed by atoms with Crippen LogP contribution in [0.25, 0.3) is 0 Å². The molecule has 0 heterocycles. The minimum absolute atomic E-state index is 0.0984. The molecule has 0 saturated carbocycles. The van der Waals surface area contributed by atoms with Gasteiger partial charge in [0.15, 0.2) is 0 Å². The van der Waals surface area contributed by atoms with Crippen molar-refractivity contribution in [2.75, 3.05) is 6.61 Å². The topological polar surface area (TPSA) is 69.6 Å². The quantitative estimate of drug-likeness (QED) is 0.0432. The number of hydrogen-bond acceptors (Lipinski definition) is 3. The van der Waals surface area contributed by atoms with Gasteiger partial charge in [0, 0.05) is 6.42 Å². The van der Waals surface area contributed by atoms with E-state index in [-0.39, 0.29) is 12.5 Å². The van der Waals surface area contributed by atoms with Crippen LogP contribution in [0.15, 0.2) is 109 Å². The second kappa shape index (κ2) is 45.4. The van der Waals surface area contributed by atoms with Crippen LogP contribution < -0.4 is 5.32 Å². The SMILES string of the molecule is CC/C=C\C/C=C\C/C=C\C/C=C\C/C=C\C/C=C\C/C=C\CCCCCCCC(=O)NC(CO)C(O)/C=C/CC/C=C/CCCCCCCCCCCC. The van der Waals surface area contributed by atoms with Crippen LogP contribution in [0.4, 0.5) is 0 Å². The molecule has 0 aromatic heterocycles. The highest BCUT2D eigenvalue weighted by Crippen LogP contribution is 2.12. The van der Waals surface area contributed by atoms with Gasteiger partial charge < -0.3 is 15.5 Å². The number of amides is 1. The molecule has 0 aliphatic carbocycles. The number of allylic oxidation sites excluding steroid dienone is 17. The fraction of sp³-hybridized carbons (Fsp3) is 0.627. The Balaban J connectivity index is 3.73. The van der Waals surface area contributed by atoms with Crippen molar-refractivity contribution < 1.29 is 15.0 Å². The van der Waals surface area contributed by atoms with Crippen LogP contribution in [0.2, 0.25) is 0 Å². The van der Waals surface area contributed by atoms with Crippen LogP contribution in [-0.4, -0.2) is 34.9 Å². The summed E-state index contributed by atoms with van der Waals surface area (Å²) in [5, 5.41) is 23.0. The van der Waals surface area contributed by atoms with Crippen molar-refractivity contribution >= 4 is 5.91 Å². The average Bonchev–Trinajstić information content (AvgIpc) is 3.19. The van der Waals surface area contributed by atoms with Crippen LogP contribution >= 0.6 is 0 Å². The van der Waals surface area contributed by atoms with E-state index < -0.39 is 12.1 Å². The molecule has 0 radical (unpaired) electrons. The summed E-state index contributed by atoms with van der Waals surface area (Å²) in [6.07, 6.45) is 69.1. The smallest absolute Gasteiger partial charge is 0.220 e. The average molecular weight is 760 g/mol. The Morgan fingerprint density at radius 3 is 1.27 bits per heavy atom. The van der Waals surface area contributed by atoms with Gasteiger partial charge in [-0.1, -0.05) is 200 Å². The highest BCUT2D eigenvalue weighted by molar-refractivity contribution is 5.76. The van der Waals surface area contributed by atoms with E-state index >= 15 is 0 Å². The fourth-order valence-corrected chi connectivity index (χ4v) is 6.05. The number of hydrogen-bond donors (Lipinski definition) is 3. The Kier molecular flexibility index (Phi) is 43.0. The number of unbranched alkanes of at least 4 members (excludes halogenated alkanes) is 16. The number of carbonyl (C=O) groups excluding carboxylic acids is 1. The van der Waals surface area contributed by atoms with E-state index in [0.717, 1.165) is 89.9 Å². The van der Waals surface area contributed by atoms with E-state index in [4.69, 9.17) is 0 Å². The zero-order valence-corrected chi connectivity index (χ0v) is 35.6. The third-order valence-corrected chi connectivity index (χ3v) is 9.49. The first-order valence-corrected chi connectivity index (χ1v) is 22.6. The van der Waals surface area contributed by atoms with E-state index in [2.05, 4.69) is 116 Å². The standard InChI is InChI=1S/C51H85NO3/c1-3-5-7-9-11-13-15-17-19-21-22-23-24-25-26-27-28-29-30-31-33-35-37-39-41-43-45-47-51(55)52-49(48-53)50(54)46-44-42-40-38-36-34-32-20-18-16-14-12-10-8-6-4-2/h5,7,11,13,17,19,22-23,25-26,28-29,31,33,36,38,44,46,49-50,53-54H,3-4,6,8-10,12,14-16,18,20-21,24,27,30,32,34-35,37,39-43,45,47-48H2,1-2H3,(H,52,55)/b7-5-,13-11-,19-17-,23-22-,26-25-,29-28-,33-31-,38-36+,46-44+. The Morgan fingerprint density at radius 2 is 0.818 bits per heavy atom. The van der Waals surface area contributed by atoms with Gasteiger partial charge in [-0.2, -0.15) is 0 Å². The van der Waals surface area contributed by atoms with Crippen LogP contribution in [-0.2, 0) is 4.79 Å². The molecule has 3 N–H and O–H groups in total. The van der Waals surface area contributed by atoms with Crippen molar-refractivity contribution in [2.24, 2.45) is 0 Å². The normalized spacial score (nSPS) is 14.0. The van der Waals surface area contributed by atoms with Gasteiger partial charge in [-0.05, 0) is 89.9 Å². The molecular formula is C51H85NO3. The van der Waals surface area contributed by atoms with E-state index in [1.165, 1.54) is 77.0 Å². The first-order valence-electron chi connectivity index (χ1n) is 22.6. The van der Waals surface area contributed by atoms with E-state index in [9.17, 15) is 15.0 Å². The summed E-state index contributed by atoms with van der Waals surface area (Å²) in [5.74, 6) is -0.0984. The molecule has 0 aromatic rings. The molecule has 0 aliphatic rings. The predicted molar refractivity (Wildman–Crippen MR) is 243 cm³/mol.